The zero-order chi connectivity index (χ0) is 24.0. The smallest absolute Gasteiger partial charge is 0.187 e. The molecule has 4 fully saturated rings. The first-order chi connectivity index (χ1) is 15.7. The highest BCUT2D eigenvalue weighted by Crippen LogP contribution is 2.36. The van der Waals surface area contributed by atoms with Gasteiger partial charge in [-0.25, -0.2) is 0 Å². The van der Waals surface area contributed by atoms with Crippen molar-refractivity contribution in [1.29, 1.82) is 0 Å². The number of aliphatic hydroxyl groups excluding tert-OH is 9. The number of fused-ring (bicyclic) bond motifs is 2. The Bertz CT molecular complexity index is 652. The molecule has 192 valence electrons. The van der Waals surface area contributed by atoms with E-state index in [-0.39, 0.29) is 6.61 Å². The third-order valence-corrected chi connectivity index (χ3v) is 6.34. The molecule has 9 N–H and O–H groups in total. The second-order valence-electron chi connectivity index (χ2n) is 8.46. The molecule has 0 amide bonds. The lowest BCUT2D eigenvalue weighted by molar-refractivity contribution is -0.360. The first kappa shape index (κ1) is 25.5. The van der Waals surface area contributed by atoms with Crippen LogP contribution in [0.15, 0.2) is 0 Å². The quantitative estimate of drug-likeness (QED) is 0.170. The Hall–Kier alpha value is -0.600. The van der Waals surface area contributed by atoms with E-state index in [1.807, 2.05) is 0 Å². The fraction of sp³-hybridized carbons (Fsp3) is 1.00. The van der Waals surface area contributed by atoms with Gasteiger partial charge in [0, 0.05) is 0 Å². The summed E-state index contributed by atoms with van der Waals surface area (Å²) in [6.45, 7) is -1.38. The third kappa shape index (κ3) is 4.65. The topological polar surface area (TPSA) is 237 Å². The number of hydrogen-bond donors (Lipinski definition) is 9. The highest BCUT2D eigenvalue weighted by Gasteiger charge is 2.56. The summed E-state index contributed by atoms with van der Waals surface area (Å²) in [5.74, 6) is 0. The van der Waals surface area contributed by atoms with E-state index in [1.165, 1.54) is 0 Å². The summed E-state index contributed by atoms with van der Waals surface area (Å²) >= 11 is 0. The van der Waals surface area contributed by atoms with E-state index >= 15 is 0 Å². The largest absolute Gasteiger partial charge is 0.394 e. The molecule has 0 saturated carbocycles. The van der Waals surface area contributed by atoms with E-state index in [0.717, 1.165) is 0 Å². The first-order valence-electron chi connectivity index (χ1n) is 10.5. The summed E-state index contributed by atoms with van der Waals surface area (Å²) in [5.41, 5.74) is 0. The normalized spacial score (nSPS) is 55.0. The highest BCUT2D eigenvalue weighted by atomic mass is 16.8. The molecule has 4 saturated heterocycles. The van der Waals surface area contributed by atoms with Crippen LogP contribution in [-0.4, -0.2) is 158 Å². The van der Waals surface area contributed by atoms with Crippen molar-refractivity contribution in [3.63, 3.8) is 0 Å². The van der Waals surface area contributed by atoms with Crippen LogP contribution in [0.4, 0.5) is 0 Å². The minimum atomic E-state index is -1.76. The van der Waals surface area contributed by atoms with E-state index in [1.54, 1.807) is 0 Å². The minimum absolute atomic E-state index is 0.0650. The van der Waals surface area contributed by atoms with Crippen molar-refractivity contribution in [3.05, 3.63) is 0 Å². The van der Waals surface area contributed by atoms with Gasteiger partial charge in [-0.15, -0.1) is 0 Å². The van der Waals surface area contributed by atoms with Gasteiger partial charge in [0.05, 0.1) is 19.8 Å². The molecular formula is C18H30O15. The van der Waals surface area contributed by atoms with Crippen LogP contribution >= 0.6 is 0 Å². The third-order valence-electron chi connectivity index (χ3n) is 6.34. The average molecular weight is 486 g/mol. The van der Waals surface area contributed by atoms with E-state index < -0.39 is 105 Å². The van der Waals surface area contributed by atoms with Gasteiger partial charge in [-0.3, -0.25) is 0 Å². The van der Waals surface area contributed by atoms with E-state index in [2.05, 4.69) is 0 Å². The van der Waals surface area contributed by atoms with Gasteiger partial charge in [0.25, 0.3) is 0 Å². The van der Waals surface area contributed by atoms with Crippen molar-refractivity contribution < 1.29 is 74.4 Å². The van der Waals surface area contributed by atoms with Gasteiger partial charge in [0.15, 0.2) is 18.9 Å². The van der Waals surface area contributed by atoms with Crippen LogP contribution in [0.25, 0.3) is 0 Å². The second-order valence-corrected chi connectivity index (χ2v) is 8.46. The number of rotatable bonds is 6. The average Bonchev–Trinajstić information content (AvgIpc) is 3.11. The summed E-state index contributed by atoms with van der Waals surface area (Å²) < 4.78 is 32.6. The molecule has 0 aromatic rings. The van der Waals surface area contributed by atoms with Gasteiger partial charge in [-0.05, 0) is 0 Å². The highest BCUT2D eigenvalue weighted by molar-refractivity contribution is 4.99. The van der Waals surface area contributed by atoms with E-state index in [9.17, 15) is 46.0 Å². The Balaban J connectivity index is 1.42. The minimum Gasteiger partial charge on any atom is -0.394 e. The maximum atomic E-state index is 10.7. The van der Waals surface area contributed by atoms with Crippen molar-refractivity contribution in [3.8, 4) is 0 Å². The van der Waals surface area contributed by atoms with Crippen LogP contribution in [-0.2, 0) is 28.4 Å². The van der Waals surface area contributed by atoms with Gasteiger partial charge in [0.2, 0.25) is 0 Å². The molecule has 4 heterocycles. The maximum Gasteiger partial charge on any atom is 0.187 e. The van der Waals surface area contributed by atoms with Crippen LogP contribution < -0.4 is 0 Å². The maximum absolute atomic E-state index is 10.7. The van der Waals surface area contributed by atoms with Crippen LogP contribution in [0.2, 0.25) is 0 Å². The van der Waals surface area contributed by atoms with Gasteiger partial charge in [-0.2, -0.15) is 0 Å². The molecule has 33 heavy (non-hydrogen) atoms. The number of hydrogen-bond acceptors (Lipinski definition) is 15. The fourth-order valence-corrected chi connectivity index (χ4v) is 4.42. The fourth-order valence-electron chi connectivity index (χ4n) is 4.42. The molecule has 4 aliphatic heterocycles. The Morgan fingerprint density at radius 3 is 1.88 bits per heavy atom. The summed E-state index contributed by atoms with van der Waals surface area (Å²) in [4.78, 5) is 0. The Morgan fingerprint density at radius 1 is 0.606 bits per heavy atom. The summed E-state index contributed by atoms with van der Waals surface area (Å²) in [7, 11) is 0. The van der Waals surface area contributed by atoms with Crippen molar-refractivity contribution >= 4 is 0 Å². The van der Waals surface area contributed by atoms with Crippen LogP contribution in [0.1, 0.15) is 0 Å². The predicted molar refractivity (Wildman–Crippen MR) is 97.9 cm³/mol. The lowest BCUT2D eigenvalue weighted by atomic mass is 9.97. The monoisotopic (exact) mass is 486 g/mol. The van der Waals surface area contributed by atoms with Crippen LogP contribution in [0.3, 0.4) is 0 Å². The molecule has 2 bridgehead atoms. The second kappa shape index (κ2) is 10.2. The van der Waals surface area contributed by atoms with Crippen LogP contribution in [0, 0.1) is 0 Å². The SMILES string of the molecule is OC[C@H]1O[C@@H](O[C@H]2[C@H]3OC[C@@H]2O[C@@H](O[C@@H]2[C@@H](O)[C@H](O)O[C@H](CO)[C@@H]2O)[C@H]3O)[C@H](O)[C@@H](O)[C@H]1O. The van der Waals surface area contributed by atoms with Crippen molar-refractivity contribution in [2.45, 2.75) is 92.1 Å². The lowest BCUT2D eigenvalue weighted by Crippen LogP contribution is -2.64. The molecule has 15 nitrogen and oxygen atoms in total. The van der Waals surface area contributed by atoms with Crippen molar-refractivity contribution in [2.24, 2.45) is 0 Å². The summed E-state index contributed by atoms with van der Waals surface area (Å²) in [6.07, 6.45) is -21.2. The molecule has 0 radical (unpaired) electrons. The Kier molecular flexibility index (Phi) is 7.86. The molecule has 0 aromatic heterocycles. The zero-order valence-corrected chi connectivity index (χ0v) is 17.3. The van der Waals surface area contributed by atoms with Gasteiger partial charge in [0.1, 0.15) is 73.2 Å². The molecular weight excluding hydrogens is 456 g/mol. The lowest BCUT2D eigenvalue weighted by Gasteiger charge is -2.45. The van der Waals surface area contributed by atoms with Crippen LogP contribution in [0.5, 0.6) is 0 Å². The molecule has 0 unspecified atom stereocenters. The van der Waals surface area contributed by atoms with Gasteiger partial charge < -0.3 is 74.4 Å². The molecule has 0 aromatic carbocycles. The Morgan fingerprint density at radius 2 is 1.21 bits per heavy atom. The predicted octanol–water partition coefficient (Wildman–Crippen LogP) is -6.53. The molecule has 15 heteroatoms. The number of aliphatic hydroxyl groups is 9. The molecule has 0 aliphatic carbocycles. The molecule has 4 rings (SSSR count). The standard InChI is InChI=1S/C18H30O15/c19-1-4-7(21)9(23)10(24)17(30-4)32-13-6-3-28-15(13)12(26)18(31-6)33-14-8(22)5(2-20)29-16(27)11(14)25/h4-27H,1-3H2/t4-,5-,6+,7+,8+,9+,10-,11-,12+,13-,14+,15+,16-,17+,18+/m1/s1. The van der Waals surface area contributed by atoms with E-state index in [0.29, 0.717) is 0 Å². The first-order valence-corrected chi connectivity index (χ1v) is 10.5. The van der Waals surface area contributed by atoms with Crippen molar-refractivity contribution in [2.75, 3.05) is 19.8 Å². The molecule has 0 spiro atoms. The molecule has 4 aliphatic rings. The van der Waals surface area contributed by atoms with E-state index in [4.69, 9.17) is 28.4 Å². The Labute approximate surface area is 187 Å². The van der Waals surface area contributed by atoms with Gasteiger partial charge in [-0.1, -0.05) is 0 Å². The molecule has 15 atom stereocenters. The summed E-state index contributed by atoms with van der Waals surface area (Å²) in [5, 5.41) is 89.5. The number of ether oxygens (including phenoxy) is 6. The van der Waals surface area contributed by atoms with Gasteiger partial charge >= 0.3 is 0 Å². The summed E-state index contributed by atoms with van der Waals surface area (Å²) in [6, 6.07) is 0. The van der Waals surface area contributed by atoms with Crippen molar-refractivity contribution in [1.82, 2.24) is 0 Å². The zero-order valence-electron chi connectivity index (χ0n) is 17.3.